The van der Waals surface area contributed by atoms with E-state index in [1.807, 2.05) is 0 Å². The quantitative estimate of drug-likeness (QED) is 0.534. The Labute approximate surface area is 71.5 Å². The summed E-state index contributed by atoms with van der Waals surface area (Å²) in [4.78, 5) is 10.7. The SMILES string of the molecule is O=CC1CCC2=C3C=CC(=C21)C3. The first-order chi connectivity index (χ1) is 5.90. The summed E-state index contributed by atoms with van der Waals surface area (Å²) in [5.74, 6) is 0.220. The van der Waals surface area contributed by atoms with Crippen LogP contribution in [0, 0.1) is 5.92 Å². The van der Waals surface area contributed by atoms with E-state index in [1.165, 1.54) is 22.3 Å². The molecule has 3 aliphatic carbocycles. The Hall–Kier alpha value is -1.11. The lowest BCUT2D eigenvalue weighted by Crippen LogP contribution is -1.99. The van der Waals surface area contributed by atoms with E-state index in [0.29, 0.717) is 0 Å². The molecule has 0 amide bonds. The minimum Gasteiger partial charge on any atom is -0.303 e. The van der Waals surface area contributed by atoms with Crippen molar-refractivity contribution in [3.8, 4) is 0 Å². The lowest BCUT2D eigenvalue weighted by Gasteiger charge is -2.05. The number of aldehydes is 1. The Bertz CT molecular complexity index is 355. The van der Waals surface area contributed by atoms with Crippen LogP contribution < -0.4 is 0 Å². The molecule has 1 atom stereocenters. The van der Waals surface area contributed by atoms with Crippen LogP contribution in [0.3, 0.4) is 0 Å². The summed E-state index contributed by atoms with van der Waals surface area (Å²) in [6.45, 7) is 0. The van der Waals surface area contributed by atoms with Crippen molar-refractivity contribution >= 4 is 6.29 Å². The molecule has 0 spiro atoms. The van der Waals surface area contributed by atoms with Gasteiger partial charge in [-0.2, -0.15) is 0 Å². The maximum absolute atomic E-state index is 10.7. The van der Waals surface area contributed by atoms with Crippen molar-refractivity contribution in [3.05, 3.63) is 34.4 Å². The van der Waals surface area contributed by atoms with Gasteiger partial charge in [0.2, 0.25) is 0 Å². The standard InChI is InChI=1S/C11H10O/c12-6-9-3-4-10-7-1-2-8(5-7)11(9)10/h1-2,6,9H,3-5H2. The summed E-state index contributed by atoms with van der Waals surface area (Å²) in [5.41, 5.74) is 5.76. The molecule has 1 saturated carbocycles. The monoisotopic (exact) mass is 158 g/mol. The van der Waals surface area contributed by atoms with E-state index in [1.54, 1.807) is 0 Å². The molecule has 0 saturated heterocycles. The molecule has 0 radical (unpaired) electrons. The summed E-state index contributed by atoms with van der Waals surface area (Å²) in [6.07, 6.45) is 8.78. The second-order valence-corrected chi connectivity index (χ2v) is 3.73. The predicted octanol–water partition coefficient (Wildman–Crippen LogP) is 2.16. The molecule has 1 nitrogen and oxygen atoms in total. The summed E-state index contributed by atoms with van der Waals surface area (Å²) >= 11 is 0. The van der Waals surface area contributed by atoms with Crippen LogP contribution in [0.2, 0.25) is 0 Å². The summed E-state index contributed by atoms with van der Waals surface area (Å²) in [6, 6.07) is 0. The van der Waals surface area contributed by atoms with Crippen molar-refractivity contribution in [1.29, 1.82) is 0 Å². The van der Waals surface area contributed by atoms with Crippen molar-refractivity contribution in [2.75, 3.05) is 0 Å². The minimum absolute atomic E-state index is 0.220. The number of hydrogen-bond acceptors (Lipinski definition) is 1. The normalized spacial score (nSPS) is 30.5. The van der Waals surface area contributed by atoms with E-state index in [9.17, 15) is 4.79 Å². The van der Waals surface area contributed by atoms with Gasteiger partial charge in [0.05, 0.1) is 0 Å². The van der Waals surface area contributed by atoms with Crippen molar-refractivity contribution in [2.45, 2.75) is 19.3 Å². The molecule has 0 heterocycles. The fraction of sp³-hybridized carbons (Fsp3) is 0.364. The average Bonchev–Trinajstić information content (AvgIpc) is 2.76. The second kappa shape index (κ2) is 1.98. The highest BCUT2D eigenvalue weighted by molar-refractivity contribution is 5.72. The molecule has 0 aromatic carbocycles. The fourth-order valence-corrected chi connectivity index (χ4v) is 2.62. The van der Waals surface area contributed by atoms with Gasteiger partial charge in [0, 0.05) is 5.92 Å². The predicted molar refractivity (Wildman–Crippen MR) is 46.6 cm³/mol. The van der Waals surface area contributed by atoms with E-state index in [2.05, 4.69) is 12.2 Å². The van der Waals surface area contributed by atoms with Gasteiger partial charge in [-0.15, -0.1) is 0 Å². The topological polar surface area (TPSA) is 17.1 Å². The average molecular weight is 158 g/mol. The van der Waals surface area contributed by atoms with Crippen LogP contribution in [-0.4, -0.2) is 6.29 Å². The first kappa shape index (κ1) is 6.41. The zero-order valence-electron chi connectivity index (χ0n) is 6.84. The fourth-order valence-electron chi connectivity index (χ4n) is 2.62. The van der Waals surface area contributed by atoms with Crippen molar-refractivity contribution in [1.82, 2.24) is 0 Å². The van der Waals surface area contributed by atoms with Gasteiger partial charge in [0.25, 0.3) is 0 Å². The lowest BCUT2D eigenvalue weighted by molar-refractivity contribution is -0.110. The van der Waals surface area contributed by atoms with E-state index in [4.69, 9.17) is 0 Å². The first-order valence-corrected chi connectivity index (χ1v) is 4.49. The van der Waals surface area contributed by atoms with Gasteiger partial charge >= 0.3 is 0 Å². The first-order valence-electron chi connectivity index (χ1n) is 4.49. The lowest BCUT2D eigenvalue weighted by atomic mass is 9.99. The molecule has 3 rings (SSSR count). The van der Waals surface area contributed by atoms with Gasteiger partial charge in [-0.1, -0.05) is 12.2 Å². The zero-order valence-corrected chi connectivity index (χ0v) is 6.84. The molecule has 1 fully saturated rings. The number of carbonyl (C=O) groups is 1. The molecule has 0 aliphatic heterocycles. The molecule has 3 aliphatic rings. The highest BCUT2D eigenvalue weighted by Crippen LogP contribution is 2.49. The molecule has 1 heteroatoms. The van der Waals surface area contributed by atoms with Crippen LogP contribution in [0.4, 0.5) is 0 Å². The Morgan fingerprint density at radius 3 is 3.00 bits per heavy atom. The summed E-state index contributed by atoms with van der Waals surface area (Å²) < 4.78 is 0. The number of hydrogen-bond donors (Lipinski definition) is 0. The van der Waals surface area contributed by atoms with Gasteiger partial charge in [-0.3, -0.25) is 0 Å². The third-order valence-electron chi connectivity index (χ3n) is 3.17. The van der Waals surface area contributed by atoms with Crippen LogP contribution in [0.25, 0.3) is 0 Å². The third kappa shape index (κ3) is 0.580. The Morgan fingerprint density at radius 1 is 1.33 bits per heavy atom. The highest BCUT2D eigenvalue weighted by Gasteiger charge is 2.34. The Kier molecular flexibility index (Phi) is 1.06. The van der Waals surface area contributed by atoms with Gasteiger partial charge in [0.15, 0.2) is 0 Å². The molecule has 0 N–H and O–H groups in total. The number of fused-ring (bicyclic) bond motifs is 3. The van der Waals surface area contributed by atoms with E-state index >= 15 is 0 Å². The van der Waals surface area contributed by atoms with E-state index in [-0.39, 0.29) is 5.92 Å². The number of carbonyl (C=O) groups excluding carboxylic acids is 1. The van der Waals surface area contributed by atoms with E-state index < -0.39 is 0 Å². The smallest absolute Gasteiger partial charge is 0.127 e. The van der Waals surface area contributed by atoms with Crippen LogP contribution in [0.5, 0.6) is 0 Å². The maximum atomic E-state index is 10.7. The molecule has 12 heavy (non-hydrogen) atoms. The Balaban J connectivity index is 2.20. The number of allylic oxidation sites excluding steroid dienone is 6. The molecule has 1 unspecified atom stereocenters. The largest absolute Gasteiger partial charge is 0.303 e. The molecule has 0 aromatic rings. The van der Waals surface area contributed by atoms with E-state index in [0.717, 1.165) is 25.5 Å². The zero-order chi connectivity index (χ0) is 8.13. The van der Waals surface area contributed by atoms with Crippen molar-refractivity contribution < 1.29 is 4.79 Å². The maximum Gasteiger partial charge on any atom is 0.127 e. The minimum atomic E-state index is 0.220. The molecular weight excluding hydrogens is 148 g/mol. The highest BCUT2D eigenvalue weighted by atomic mass is 16.1. The van der Waals surface area contributed by atoms with Crippen LogP contribution in [0.15, 0.2) is 34.4 Å². The summed E-state index contributed by atoms with van der Waals surface area (Å²) in [5, 5.41) is 0. The molecule has 60 valence electrons. The number of rotatable bonds is 1. The van der Waals surface area contributed by atoms with Crippen molar-refractivity contribution in [2.24, 2.45) is 5.92 Å². The molecular formula is C11H10O. The van der Waals surface area contributed by atoms with Crippen molar-refractivity contribution in [3.63, 3.8) is 0 Å². The second-order valence-electron chi connectivity index (χ2n) is 3.73. The summed E-state index contributed by atoms with van der Waals surface area (Å²) in [7, 11) is 0. The third-order valence-corrected chi connectivity index (χ3v) is 3.17. The molecule has 0 aromatic heterocycles. The van der Waals surface area contributed by atoms with Gasteiger partial charge in [-0.25, -0.2) is 0 Å². The van der Waals surface area contributed by atoms with Crippen LogP contribution >= 0.6 is 0 Å². The van der Waals surface area contributed by atoms with Gasteiger partial charge < -0.3 is 4.79 Å². The van der Waals surface area contributed by atoms with Crippen LogP contribution in [0.1, 0.15) is 19.3 Å². The van der Waals surface area contributed by atoms with Crippen LogP contribution in [-0.2, 0) is 4.79 Å². The Morgan fingerprint density at radius 2 is 2.17 bits per heavy atom. The van der Waals surface area contributed by atoms with Gasteiger partial charge in [0.1, 0.15) is 6.29 Å². The van der Waals surface area contributed by atoms with Gasteiger partial charge in [-0.05, 0) is 41.6 Å². The molecule has 2 bridgehead atoms.